The average Bonchev–Trinajstić information content (AvgIpc) is 2.85. The van der Waals surface area contributed by atoms with Crippen molar-refractivity contribution in [3.8, 4) is 0 Å². The maximum absolute atomic E-state index is 13.4. The number of nitrogens with one attached hydrogen (secondary N) is 2. The minimum atomic E-state index is -0.854. The lowest BCUT2D eigenvalue weighted by atomic mass is 10.1. The van der Waals surface area contributed by atoms with E-state index >= 15 is 0 Å². The predicted octanol–water partition coefficient (Wildman–Crippen LogP) is 4.61. The van der Waals surface area contributed by atoms with Gasteiger partial charge in [-0.1, -0.05) is 6.07 Å². The first kappa shape index (κ1) is 21.4. The lowest BCUT2D eigenvalue weighted by Gasteiger charge is -2.18. The Morgan fingerprint density at radius 1 is 1.20 bits per heavy atom. The Kier molecular flexibility index (Phi) is 8.34. The second kappa shape index (κ2) is 9.74. The first-order chi connectivity index (χ1) is 11.4. The Morgan fingerprint density at radius 3 is 2.48 bits per heavy atom. The zero-order chi connectivity index (χ0) is 17.7. The largest absolute Gasteiger partial charge is 0.466 e. The molecule has 2 N–H and O–H groups in total. The van der Waals surface area contributed by atoms with E-state index in [0.29, 0.717) is 24.6 Å². The molecule has 1 aromatic heterocycles. The van der Waals surface area contributed by atoms with Crippen LogP contribution in [0, 0.1) is 25.5 Å². The standard InChI is InChI=1S/C18H23F2N3O.HI/c1-5-21-18(22-10-15-8-11(2)24-13(15)4)23-12(3)14-6-7-16(19)17(20)9-14;/h6-9,12H,5,10H2,1-4H3,(H2,21,22,23);1H. The van der Waals surface area contributed by atoms with E-state index in [9.17, 15) is 8.78 Å². The van der Waals surface area contributed by atoms with E-state index in [0.717, 1.165) is 23.2 Å². The highest BCUT2D eigenvalue weighted by Crippen LogP contribution is 2.17. The van der Waals surface area contributed by atoms with E-state index in [1.54, 1.807) is 6.07 Å². The van der Waals surface area contributed by atoms with Crippen LogP contribution < -0.4 is 10.6 Å². The molecular formula is C18H24F2IN3O. The molecule has 0 spiro atoms. The molecule has 1 aromatic carbocycles. The molecule has 0 radical (unpaired) electrons. The predicted molar refractivity (Wildman–Crippen MR) is 106 cm³/mol. The molecule has 138 valence electrons. The van der Waals surface area contributed by atoms with Gasteiger partial charge in [-0.3, -0.25) is 0 Å². The number of rotatable bonds is 5. The minimum absolute atomic E-state index is 0. The molecule has 0 aliphatic heterocycles. The lowest BCUT2D eigenvalue weighted by Crippen LogP contribution is -2.38. The summed E-state index contributed by atoms with van der Waals surface area (Å²) in [5, 5.41) is 6.34. The van der Waals surface area contributed by atoms with E-state index < -0.39 is 11.6 Å². The van der Waals surface area contributed by atoms with Gasteiger partial charge in [-0.25, -0.2) is 13.8 Å². The molecule has 1 heterocycles. The fraction of sp³-hybridized carbons (Fsp3) is 0.389. The molecule has 0 aliphatic rings. The average molecular weight is 463 g/mol. The quantitative estimate of drug-likeness (QED) is 0.387. The van der Waals surface area contributed by atoms with Crippen LogP contribution in [0.3, 0.4) is 0 Å². The monoisotopic (exact) mass is 463 g/mol. The number of furan rings is 1. The fourth-order valence-electron chi connectivity index (χ4n) is 2.39. The molecule has 1 unspecified atom stereocenters. The summed E-state index contributed by atoms with van der Waals surface area (Å²) in [5.41, 5.74) is 1.67. The molecule has 7 heteroatoms. The van der Waals surface area contributed by atoms with Crippen molar-refractivity contribution in [1.82, 2.24) is 10.6 Å². The summed E-state index contributed by atoms with van der Waals surface area (Å²) in [7, 11) is 0. The molecule has 2 aromatic rings. The van der Waals surface area contributed by atoms with E-state index in [1.165, 1.54) is 6.07 Å². The van der Waals surface area contributed by atoms with E-state index in [1.807, 2.05) is 33.8 Å². The highest BCUT2D eigenvalue weighted by atomic mass is 127. The van der Waals surface area contributed by atoms with Gasteiger partial charge in [0.25, 0.3) is 0 Å². The van der Waals surface area contributed by atoms with Crippen molar-refractivity contribution in [2.24, 2.45) is 4.99 Å². The van der Waals surface area contributed by atoms with Crippen molar-refractivity contribution in [1.29, 1.82) is 0 Å². The highest BCUT2D eigenvalue weighted by molar-refractivity contribution is 14.0. The third kappa shape index (κ3) is 5.98. The third-order valence-corrected chi connectivity index (χ3v) is 3.69. The van der Waals surface area contributed by atoms with Crippen molar-refractivity contribution in [2.45, 2.75) is 40.3 Å². The normalized spacial score (nSPS) is 12.5. The van der Waals surface area contributed by atoms with Gasteiger partial charge in [-0.05, 0) is 51.5 Å². The molecular weight excluding hydrogens is 439 g/mol. The molecule has 0 amide bonds. The molecule has 1 atom stereocenters. The summed E-state index contributed by atoms with van der Waals surface area (Å²) < 4.78 is 31.9. The van der Waals surface area contributed by atoms with Crippen molar-refractivity contribution >= 4 is 29.9 Å². The van der Waals surface area contributed by atoms with Crippen molar-refractivity contribution in [3.63, 3.8) is 0 Å². The number of nitrogens with zero attached hydrogens (tertiary/aromatic N) is 1. The molecule has 0 bridgehead atoms. The molecule has 0 saturated heterocycles. The number of hydrogen-bond acceptors (Lipinski definition) is 2. The van der Waals surface area contributed by atoms with Crippen LogP contribution >= 0.6 is 24.0 Å². The third-order valence-electron chi connectivity index (χ3n) is 3.69. The van der Waals surface area contributed by atoms with E-state index in [4.69, 9.17) is 4.42 Å². The summed E-state index contributed by atoms with van der Waals surface area (Å²) in [4.78, 5) is 4.53. The van der Waals surface area contributed by atoms with Crippen LogP contribution in [0.4, 0.5) is 8.78 Å². The first-order valence-electron chi connectivity index (χ1n) is 7.96. The van der Waals surface area contributed by atoms with Gasteiger partial charge in [0.1, 0.15) is 11.5 Å². The Morgan fingerprint density at radius 2 is 1.92 bits per heavy atom. The summed E-state index contributed by atoms with van der Waals surface area (Å²) in [6, 6.07) is 5.62. The summed E-state index contributed by atoms with van der Waals surface area (Å²) in [5.74, 6) is 0.601. The Balaban J connectivity index is 0.00000312. The van der Waals surface area contributed by atoms with Crippen LogP contribution in [-0.4, -0.2) is 12.5 Å². The van der Waals surface area contributed by atoms with Crippen LogP contribution in [0.2, 0.25) is 0 Å². The number of guanidine groups is 1. The maximum Gasteiger partial charge on any atom is 0.192 e. The number of halogens is 3. The molecule has 2 rings (SSSR count). The van der Waals surface area contributed by atoms with Crippen molar-refractivity contribution in [2.75, 3.05) is 6.54 Å². The Hall–Kier alpha value is -1.64. The Bertz CT molecular complexity index is 731. The number of aryl methyl sites for hydroxylation is 2. The van der Waals surface area contributed by atoms with Crippen molar-refractivity contribution < 1.29 is 13.2 Å². The first-order valence-corrected chi connectivity index (χ1v) is 7.96. The van der Waals surface area contributed by atoms with Gasteiger partial charge in [0, 0.05) is 12.1 Å². The van der Waals surface area contributed by atoms with Crippen LogP contribution in [0.1, 0.15) is 42.5 Å². The molecule has 25 heavy (non-hydrogen) atoms. The van der Waals surface area contributed by atoms with Gasteiger partial charge in [0.15, 0.2) is 17.6 Å². The molecule has 0 aliphatic carbocycles. The topological polar surface area (TPSA) is 49.6 Å². The molecule has 0 saturated carbocycles. The molecule has 0 fully saturated rings. The number of hydrogen-bond donors (Lipinski definition) is 2. The maximum atomic E-state index is 13.4. The fourth-order valence-corrected chi connectivity index (χ4v) is 2.39. The smallest absolute Gasteiger partial charge is 0.192 e. The SMILES string of the molecule is CCNC(=NCc1cc(C)oc1C)NC(C)c1ccc(F)c(F)c1.I. The van der Waals surface area contributed by atoms with E-state index in [2.05, 4.69) is 15.6 Å². The van der Waals surface area contributed by atoms with Gasteiger partial charge in [0.05, 0.1) is 12.6 Å². The van der Waals surface area contributed by atoms with Gasteiger partial charge >= 0.3 is 0 Å². The van der Waals surface area contributed by atoms with Crippen LogP contribution in [0.5, 0.6) is 0 Å². The minimum Gasteiger partial charge on any atom is -0.466 e. The molecule has 4 nitrogen and oxygen atoms in total. The van der Waals surface area contributed by atoms with Crippen LogP contribution in [0.15, 0.2) is 33.7 Å². The Labute approximate surface area is 164 Å². The second-order valence-corrected chi connectivity index (χ2v) is 5.67. The second-order valence-electron chi connectivity index (χ2n) is 5.67. The summed E-state index contributed by atoms with van der Waals surface area (Å²) in [6.07, 6.45) is 0. The van der Waals surface area contributed by atoms with Crippen molar-refractivity contribution in [3.05, 3.63) is 58.5 Å². The zero-order valence-corrected chi connectivity index (χ0v) is 17.2. The highest BCUT2D eigenvalue weighted by Gasteiger charge is 2.11. The van der Waals surface area contributed by atoms with Gasteiger partial charge in [-0.2, -0.15) is 0 Å². The number of aliphatic imine (C=N–C) groups is 1. The van der Waals surface area contributed by atoms with Crippen LogP contribution in [0.25, 0.3) is 0 Å². The lowest BCUT2D eigenvalue weighted by molar-refractivity contribution is 0.501. The van der Waals surface area contributed by atoms with Crippen LogP contribution in [-0.2, 0) is 6.54 Å². The summed E-state index contributed by atoms with van der Waals surface area (Å²) >= 11 is 0. The number of benzene rings is 1. The van der Waals surface area contributed by atoms with E-state index in [-0.39, 0.29) is 30.0 Å². The van der Waals surface area contributed by atoms with Gasteiger partial charge in [-0.15, -0.1) is 24.0 Å². The van der Waals surface area contributed by atoms with Gasteiger partial charge in [0.2, 0.25) is 0 Å². The summed E-state index contributed by atoms with van der Waals surface area (Å²) in [6.45, 7) is 8.80. The van der Waals surface area contributed by atoms with Gasteiger partial charge < -0.3 is 15.1 Å². The zero-order valence-electron chi connectivity index (χ0n) is 14.8.